The van der Waals surface area contributed by atoms with Crippen molar-refractivity contribution in [3.63, 3.8) is 0 Å². The molecule has 0 spiro atoms. The Morgan fingerprint density at radius 3 is 2.68 bits per heavy atom. The van der Waals surface area contributed by atoms with Crippen LogP contribution in [-0.2, 0) is 0 Å². The molecule has 22 heavy (non-hydrogen) atoms. The van der Waals surface area contributed by atoms with Gasteiger partial charge in [0.25, 0.3) is 0 Å². The van der Waals surface area contributed by atoms with E-state index in [2.05, 4.69) is 15.9 Å². The van der Waals surface area contributed by atoms with Gasteiger partial charge in [-0.15, -0.1) is 0 Å². The highest BCUT2D eigenvalue weighted by Crippen LogP contribution is 2.32. The summed E-state index contributed by atoms with van der Waals surface area (Å²) in [6.45, 7) is 0. The number of para-hydroxylation sites is 1. The fourth-order valence-electron chi connectivity index (χ4n) is 2.11. The van der Waals surface area contributed by atoms with Gasteiger partial charge in [-0.25, -0.2) is 0 Å². The Balaban J connectivity index is 1.90. The van der Waals surface area contributed by atoms with Gasteiger partial charge < -0.3 is 14.6 Å². The van der Waals surface area contributed by atoms with Crippen molar-refractivity contribution in [1.82, 2.24) is 0 Å². The Labute approximate surface area is 134 Å². The van der Waals surface area contributed by atoms with E-state index < -0.39 is 0 Å². The van der Waals surface area contributed by atoms with Gasteiger partial charge >= 0.3 is 0 Å². The Kier molecular flexibility index (Phi) is 3.73. The second kappa shape index (κ2) is 5.69. The summed E-state index contributed by atoms with van der Waals surface area (Å²) < 4.78 is 5.82. The van der Waals surface area contributed by atoms with Gasteiger partial charge in [0, 0.05) is 17.0 Å². The minimum Gasteiger partial charge on any atom is -0.508 e. The minimum absolute atomic E-state index is 0.171. The number of hydrogen-bond donors (Lipinski definition) is 2. The molecule has 0 saturated heterocycles. The summed E-state index contributed by atoms with van der Waals surface area (Å²) in [6.07, 6.45) is 2.88. The molecule has 0 bridgehead atoms. The highest BCUT2D eigenvalue weighted by Gasteiger charge is 2.13. The highest BCUT2D eigenvalue weighted by molar-refractivity contribution is 9.10. The lowest BCUT2D eigenvalue weighted by atomic mass is 10.1. The summed E-state index contributed by atoms with van der Waals surface area (Å²) in [4.78, 5) is 12.2. The number of carbonyl (C=O) groups is 1. The molecule has 4 nitrogen and oxygen atoms in total. The molecule has 0 fully saturated rings. The lowest BCUT2D eigenvalue weighted by molar-refractivity contribution is 0.104. The van der Waals surface area contributed by atoms with Gasteiger partial charge in [0.15, 0.2) is 5.78 Å². The van der Waals surface area contributed by atoms with Crippen LogP contribution in [0.4, 0.5) is 0 Å². The average molecular weight is 359 g/mol. The predicted molar refractivity (Wildman–Crippen MR) is 87.1 cm³/mol. The van der Waals surface area contributed by atoms with Crippen LogP contribution in [0.3, 0.4) is 0 Å². The Hall–Kier alpha value is -2.53. The molecule has 0 aliphatic carbocycles. The first-order valence-electron chi connectivity index (χ1n) is 6.47. The van der Waals surface area contributed by atoms with E-state index in [9.17, 15) is 15.0 Å². The molecule has 2 N–H and O–H groups in total. The van der Waals surface area contributed by atoms with Gasteiger partial charge in [-0.2, -0.15) is 0 Å². The molecule has 110 valence electrons. The summed E-state index contributed by atoms with van der Waals surface area (Å²) in [7, 11) is 0. The standard InChI is InChI=1S/C17H11BrO4/c18-17-13(8-11(19)9-15(17)21)14(20)6-5-12-7-10-3-1-2-4-16(10)22-12/h1-9,19,21H/b6-5+. The van der Waals surface area contributed by atoms with E-state index in [1.165, 1.54) is 12.1 Å². The molecule has 0 saturated carbocycles. The average Bonchev–Trinajstić information content (AvgIpc) is 2.91. The first kappa shape index (κ1) is 14.4. The fraction of sp³-hybridized carbons (Fsp3) is 0. The Morgan fingerprint density at radius 1 is 1.14 bits per heavy atom. The van der Waals surface area contributed by atoms with Crippen LogP contribution in [0.1, 0.15) is 16.1 Å². The molecule has 1 aromatic heterocycles. The van der Waals surface area contributed by atoms with E-state index in [1.807, 2.05) is 30.3 Å². The van der Waals surface area contributed by atoms with E-state index in [0.717, 1.165) is 17.0 Å². The number of fused-ring (bicyclic) bond motifs is 1. The summed E-state index contributed by atoms with van der Waals surface area (Å²) >= 11 is 3.13. The zero-order chi connectivity index (χ0) is 15.7. The smallest absolute Gasteiger partial charge is 0.187 e. The number of carbonyl (C=O) groups excluding carboxylic acids is 1. The molecule has 3 aromatic rings. The molecule has 0 amide bonds. The molecule has 5 heteroatoms. The molecule has 0 aliphatic heterocycles. The van der Waals surface area contributed by atoms with Gasteiger partial charge in [-0.05, 0) is 46.3 Å². The molecule has 0 atom stereocenters. The number of hydrogen-bond acceptors (Lipinski definition) is 4. The van der Waals surface area contributed by atoms with E-state index >= 15 is 0 Å². The third kappa shape index (κ3) is 2.76. The first-order valence-corrected chi connectivity index (χ1v) is 7.26. The number of ketones is 1. The molecule has 3 rings (SSSR count). The lowest BCUT2D eigenvalue weighted by Crippen LogP contribution is -1.95. The number of halogens is 1. The Morgan fingerprint density at radius 2 is 1.91 bits per heavy atom. The Bertz CT molecular complexity index is 860. The third-order valence-corrected chi connectivity index (χ3v) is 3.98. The largest absolute Gasteiger partial charge is 0.508 e. The van der Waals surface area contributed by atoms with Gasteiger partial charge in [0.1, 0.15) is 22.8 Å². The predicted octanol–water partition coefficient (Wildman–Crippen LogP) is 4.50. The van der Waals surface area contributed by atoms with Gasteiger partial charge in [0.2, 0.25) is 0 Å². The van der Waals surface area contributed by atoms with Crippen molar-refractivity contribution >= 4 is 38.8 Å². The van der Waals surface area contributed by atoms with E-state index in [4.69, 9.17) is 4.42 Å². The van der Waals surface area contributed by atoms with Gasteiger partial charge in [-0.1, -0.05) is 18.2 Å². The maximum atomic E-state index is 12.2. The highest BCUT2D eigenvalue weighted by atomic mass is 79.9. The van der Waals surface area contributed by atoms with Gasteiger partial charge in [-0.3, -0.25) is 4.79 Å². The molecule has 2 aromatic carbocycles. The monoisotopic (exact) mass is 358 g/mol. The van der Waals surface area contributed by atoms with Crippen LogP contribution < -0.4 is 0 Å². The van der Waals surface area contributed by atoms with E-state index in [1.54, 1.807) is 6.08 Å². The van der Waals surface area contributed by atoms with Crippen LogP contribution >= 0.6 is 15.9 Å². The number of allylic oxidation sites excluding steroid dienone is 1. The maximum absolute atomic E-state index is 12.2. The van der Waals surface area contributed by atoms with Crippen molar-refractivity contribution in [2.45, 2.75) is 0 Å². The third-order valence-electron chi connectivity index (χ3n) is 3.15. The van der Waals surface area contributed by atoms with Crippen LogP contribution in [0.25, 0.3) is 17.0 Å². The van der Waals surface area contributed by atoms with Crippen molar-refractivity contribution in [2.75, 3.05) is 0 Å². The van der Waals surface area contributed by atoms with Crippen molar-refractivity contribution < 1.29 is 19.4 Å². The van der Waals surface area contributed by atoms with Crippen molar-refractivity contribution in [3.8, 4) is 11.5 Å². The fourth-order valence-corrected chi connectivity index (χ4v) is 2.53. The quantitative estimate of drug-likeness (QED) is 0.534. The van der Waals surface area contributed by atoms with Crippen LogP contribution in [0, 0.1) is 0 Å². The summed E-state index contributed by atoms with van der Waals surface area (Å²) in [6, 6.07) is 11.8. The molecule has 0 aliphatic rings. The van der Waals surface area contributed by atoms with Gasteiger partial charge in [0.05, 0.1) is 4.47 Å². The lowest BCUT2D eigenvalue weighted by Gasteiger charge is -2.03. The minimum atomic E-state index is -0.362. The number of furan rings is 1. The SMILES string of the molecule is O=C(/C=C/c1cc2ccccc2o1)c1cc(O)cc(O)c1Br. The molecule has 0 unspecified atom stereocenters. The first-order chi connectivity index (χ1) is 10.5. The molecular weight excluding hydrogens is 348 g/mol. The molecular formula is C17H11BrO4. The summed E-state index contributed by atoms with van der Waals surface area (Å²) in [5.74, 6) is -0.185. The zero-order valence-electron chi connectivity index (χ0n) is 11.3. The number of phenols is 2. The van der Waals surface area contributed by atoms with Crippen LogP contribution in [0.5, 0.6) is 11.5 Å². The summed E-state index contributed by atoms with van der Waals surface area (Å²) in [5.41, 5.74) is 0.913. The second-order valence-corrected chi connectivity index (χ2v) is 5.50. The van der Waals surface area contributed by atoms with E-state index in [-0.39, 0.29) is 27.3 Å². The van der Waals surface area contributed by atoms with Crippen molar-refractivity contribution in [2.24, 2.45) is 0 Å². The van der Waals surface area contributed by atoms with Crippen molar-refractivity contribution in [1.29, 1.82) is 0 Å². The number of benzene rings is 2. The number of rotatable bonds is 3. The van der Waals surface area contributed by atoms with E-state index in [0.29, 0.717) is 5.76 Å². The molecule has 0 radical (unpaired) electrons. The summed E-state index contributed by atoms with van der Waals surface area (Å²) in [5, 5.41) is 20.0. The van der Waals surface area contributed by atoms with Crippen LogP contribution in [0.2, 0.25) is 0 Å². The van der Waals surface area contributed by atoms with Crippen molar-refractivity contribution in [3.05, 3.63) is 64.3 Å². The topological polar surface area (TPSA) is 70.7 Å². The second-order valence-electron chi connectivity index (χ2n) is 4.71. The number of aromatic hydroxyl groups is 2. The number of phenolic OH excluding ortho intramolecular Hbond substituents is 2. The zero-order valence-corrected chi connectivity index (χ0v) is 12.9. The maximum Gasteiger partial charge on any atom is 0.187 e. The normalized spacial score (nSPS) is 11.3. The van der Waals surface area contributed by atoms with Crippen LogP contribution in [-0.4, -0.2) is 16.0 Å². The van der Waals surface area contributed by atoms with Crippen LogP contribution in [0.15, 0.2) is 57.4 Å². The molecule has 1 heterocycles.